The highest BCUT2D eigenvalue weighted by Crippen LogP contribution is 2.52. The van der Waals surface area contributed by atoms with Crippen LogP contribution in [0.2, 0.25) is 0 Å². The Hall–Kier alpha value is -5.42. The minimum absolute atomic E-state index is 0.0285. The smallest absolute Gasteiger partial charge is 0.408 e. The highest BCUT2D eigenvalue weighted by Gasteiger charge is 2.62. The van der Waals surface area contributed by atoms with E-state index in [9.17, 15) is 22.8 Å². The van der Waals surface area contributed by atoms with Gasteiger partial charge in [-0.1, -0.05) is 38.1 Å². The number of aromatic nitrogens is 1. The molecule has 2 saturated heterocycles. The van der Waals surface area contributed by atoms with Gasteiger partial charge in [0.05, 0.1) is 37.8 Å². The quantitative estimate of drug-likeness (QED) is 0.217. The first-order chi connectivity index (χ1) is 32.3. The lowest BCUT2D eigenvalue weighted by Crippen LogP contribution is -2.59. The number of anilines is 1. The Morgan fingerprint density at radius 3 is 2.42 bits per heavy atom. The first-order valence-electron chi connectivity index (χ1n) is 24.2. The number of sulfonamides is 1. The highest BCUT2D eigenvalue weighted by atomic mass is 32.2. The van der Waals surface area contributed by atoms with E-state index in [2.05, 4.69) is 39.3 Å². The number of hydrogen-bond acceptors (Lipinski definition) is 12. The van der Waals surface area contributed by atoms with Gasteiger partial charge in [-0.25, -0.2) is 18.2 Å². The number of morpholine rings is 1. The van der Waals surface area contributed by atoms with Gasteiger partial charge < -0.3 is 39.4 Å². The molecule has 1 aromatic heterocycles. The zero-order valence-electron chi connectivity index (χ0n) is 38.5. The first kappa shape index (κ1) is 45.4. The third-order valence-corrected chi connectivity index (χ3v) is 17.0. The van der Waals surface area contributed by atoms with Crippen LogP contribution in [-0.2, 0) is 33.9 Å². The number of fused-ring (bicyclic) bond motifs is 4. The molecule has 4 aliphatic carbocycles. The van der Waals surface area contributed by atoms with E-state index in [0.717, 1.165) is 49.0 Å². The number of rotatable bonds is 10. The SMILES string of the molecule is COc1ccc2c(O[C@@H]3C[C@H]4C(=O)N[C@]5(C(=O)NS(=O)(=O)C6CC6)CC5/C=C\CC[C@H](C)C[C@@H](C)[C@H](NC(=O)O[C@@H]5C[C@@H]6C[C@@H]6C5)C(=O)N4C3)nc(-c3ccc(N4CCOCC4)cc3)cc2c1. The monoisotopic (exact) mass is 938 g/mol. The molecule has 4 heterocycles. The van der Waals surface area contributed by atoms with Crippen molar-refractivity contribution in [1.82, 2.24) is 25.2 Å². The molecule has 67 heavy (non-hydrogen) atoms. The molecule has 4 amide bonds. The van der Waals surface area contributed by atoms with Gasteiger partial charge in [-0.2, -0.15) is 0 Å². The summed E-state index contributed by atoms with van der Waals surface area (Å²) in [6, 6.07) is 13.6. The van der Waals surface area contributed by atoms with Gasteiger partial charge in [0.2, 0.25) is 27.7 Å². The van der Waals surface area contributed by atoms with Crippen LogP contribution < -0.4 is 29.7 Å². The molecule has 17 heteroatoms. The lowest BCUT2D eigenvalue weighted by Gasteiger charge is -2.33. The molecule has 0 radical (unpaired) electrons. The topological polar surface area (TPSA) is 195 Å². The summed E-state index contributed by atoms with van der Waals surface area (Å²) in [5.41, 5.74) is 1.06. The zero-order valence-corrected chi connectivity index (χ0v) is 39.3. The molecule has 0 spiro atoms. The van der Waals surface area contributed by atoms with Crippen molar-refractivity contribution in [2.45, 2.75) is 113 Å². The number of ether oxygens (including phenoxy) is 4. The maximum absolute atomic E-state index is 15.2. The van der Waals surface area contributed by atoms with Crippen LogP contribution in [0.15, 0.2) is 60.7 Å². The summed E-state index contributed by atoms with van der Waals surface area (Å²) in [5.74, 6) is -0.378. The summed E-state index contributed by atoms with van der Waals surface area (Å²) < 4.78 is 52.3. The Bertz CT molecular complexity index is 2540. The molecule has 7 aliphatic rings. The Morgan fingerprint density at radius 1 is 0.925 bits per heavy atom. The van der Waals surface area contributed by atoms with Crippen LogP contribution in [0.5, 0.6) is 11.6 Å². The van der Waals surface area contributed by atoms with E-state index in [4.69, 9.17) is 23.9 Å². The number of allylic oxidation sites excluding steroid dienone is 1. The van der Waals surface area contributed by atoms with Crippen LogP contribution >= 0.6 is 0 Å². The zero-order chi connectivity index (χ0) is 46.6. The van der Waals surface area contributed by atoms with Crippen molar-refractivity contribution in [2.24, 2.45) is 29.6 Å². The molecule has 4 saturated carbocycles. The van der Waals surface area contributed by atoms with Crippen molar-refractivity contribution >= 4 is 50.3 Å². The number of pyridine rings is 1. The van der Waals surface area contributed by atoms with Gasteiger partial charge >= 0.3 is 6.09 Å². The van der Waals surface area contributed by atoms with E-state index in [1.165, 1.54) is 11.3 Å². The molecule has 10 rings (SSSR count). The van der Waals surface area contributed by atoms with Crippen LogP contribution in [-0.4, -0.2) is 117 Å². The lowest BCUT2D eigenvalue weighted by atomic mass is 9.88. The molecule has 0 bridgehead atoms. The number of hydrogen-bond donors (Lipinski definition) is 3. The predicted octanol–water partition coefficient (Wildman–Crippen LogP) is 5.48. The second-order valence-corrected chi connectivity index (χ2v) is 22.1. The summed E-state index contributed by atoms with van der Waals surface area (Å²) in [4.78, 5) is 66.5. The first-order valence-corrected chi connectivity index (χ1v) is 25.7. The number of benzene rings is 2. The molecule has 6 fully saturated rings. The van der Waals surface area contributed by atoms with E-state index in [1.807, 2.05) is 55.5 Å². The third kappa shape index (κ3) is 9.68. The average Bonchev–Trinajstić information content (AvgIpc) is 4.28. The Balaban J connectivity index is 0.973. The Kier molecular flexibility index (Phi) is 12.4. The van der Waals surface area contributed by atoms with Crippen LogP contribution in [0.1, 0.15) is 78.1 Å². The number of nitrogens with zero attached hydrogens (tertiary/aromatic N) is 3. The molecule has 3 N–H and O–H groups in total. The molecule has 1 unspecified atom stereocenters. The fraction of sp³-hybridized carbons (Fsp3) is 0.580. The van der Waals surface area contributed by atoms with E-state index >= 15 is 4.79 Å². The van der Waals surface area contributed by atoms with Crippen LogP contribution in [0.25, 0.3) is 22.0 Å². The minimum atomic E-state index is -3.93. The van der Waals surface area contributed by atoms with Gasteiger partial charge in [-0.05, 0) is 123 Å². The fourth-order valence-electron chi connectivity index (χ4n) is 11.0. The molecule has 16 nitrogen and oxygen atoms in total. The van der Waals surface area contributed by atoms with E-state index in [-0.39, 0.29) is 37.3 Å². The molecular formula is C50H62N6O10S. The Morgan fingerprint density at radius 2 is 1.69 bits per heavy atom. The van der Waals surface area contributed by atoms with E-state index in [1.54, 1.807) is 7.11 Å². The van der Waals surface area contributed by atoms with Gasteiger partial charge in [0.25, 0.3) is 5.91 Å². The summed E-state index contributed by atoms with van der Waals surface area (Å²) in [6.07, 6.45) is 8.29. The van der Waals surface area contributed by atoms with Crippen molar-refractivity contribution in [3.63, 3.8) is 0 Å². The second kappa shape index (κ2) is 18.2. The fourth-order valence-corrected chi connectivity index (χ4v) is 12.3. The summed E-state index contributed by atoms with van der Waals surface area (Å²) in [7, 11) is -2.32. The van der Waals surface area contributed by atoms with Gasteiger partial charge in [-0.15, -0.1) is 0 Å². The predicted molar refractivity (Wildman–Crippen MR) is 250 cm³/mol. The van der Waals surface area contributed by atoms with Gasteiger partial charge in [0.15, 0.2) is 0 Å². The molecule has 358 valence electrons. The number of methoxy groups -OCH3 is 1. The standard InChI is InChI=1S/C50H62N6O10S/c1-29-6-4-5-7-35-27-50(35,48(59)54-67(61,62)40-13-14-40)53-45(57)43-26-39(28-56(43)47(58)44(30(2)20-29)52-49(60)66-38-22-32-21-33(32)23-38)65-46-41-15-12-37(63-3)24-34(41)25-42(51-46)31-8-10-36(11-9-31)55-16-18-64-19-17-55/h5,7-12,15,24-25,29-30,32-33,35,38-40,43-44H,4,6,13-14,16-23,26-28H2,1-3H3,(H,52,60)(H,53,57)(H,54,59)/b7-5-/t29-,30+,32-,33+,35?,38+,39+,43-,44-,50+/m0/s1. The molecule has 2 aromatic carbocycles. The average molecular weight is 939 g/mol. The molecule has 3 aromatic rings. The minimum Gasteiger partial charge on any atom is -0.497 e. The van der Waals surface area contributed by atoms with Gasteiger partial charge in [-0.3, -0.25) is 19.1 Å². The number of nitrogens with one attached hydrogen (secondary N) is 3. The summed E-state index contributed by atoms with van der Waals surface area (Å²) >= 11 is 0. The van der Waals surface area contributed by atoms with Crippen LogP contribution in [0.4, 0.5) is 10.5 Å². The maximum atomic E-state index is 15.2. The molecular weight excluding hydrogens is 877 g/mol. The largest absolute Gasteiger partial charge is 0.497 e. The van der Waals surface area contributed by atoms with Crippen LogP contribution in [0, 0.1) is 29.6 Å². The number of alkyl carbamates (subject to hydrolysis) is 1. The van der Waals surface area contributed by atoms with Crippen molar-refractivity contribution < 1.29 is 46.5 Å². The summed E-state index contributed by atoms with van der Waals surface area (Å²) in [6.45, 7) is 6.97. The Labute approximate surface area is 391 Å². The maximum Gasteiger partial charge on any atom is 0.408 e. The highest BCUT2D eigenvalue weighted by molar-refractivity contribution is 7.91. The van der Waals surface area contributed by atoms with Crippen LogP contribution in [0.3, 0.4) is 0 Å². The van der Waals surface area contributed by atoms with Gasteiger partial charge in [0, 0.05) is 42.1 Å². The summed E-state index contributed by atoms with van der Waals surface area (Å²) in [5, 5.41) is 6.77. The third-order valence-electron chi connectivity index (χ3n) is 15.2. The van der Waals surface area contributed by atoms with E-state index < -0.39 is 68.7 Å². The molecule has 10 atom stereocenters. The second-order valence-electron chi connectivity index (χ2n) is 20.2. The van der Waals surface area contributed by atoms with Crippen molar-refractivity contribution in [2.75, 3.05) is 44.9 Å². The van der Waals surface area contributed by atoms with E-state index in [0.29, 0.717) is 73.4 Å². The van der Waals surface area contributed by atoms with Crippen molar-refractivity contribution in [3.05, 3.63) is 60.7 Å². The number of amides is 4. The number of carbonyl (C=O) groups is 4. The lowest BCUT2D eigenvalue weighted by molar-refractivity contribution is -0.142. The number of carbonyl (C=O) groups excluding carboxylic acids is 4. The van der Waals surface area contributed by atoms with Crippen molar-refractivity contribution in [3.8, 4) is 22.9 Å². The van der Waals surface area contributed by atoms with Crippen molar-refractivity contribution in [1.29, 1.82) is 0 Å². The molecule has 3 aliphatic heterocycles. The van der Waals surface area contributed by atoms with Gasteiger partial charge in [0.1, 0.15) is 35.6 Å². The normalized spacial score (nSPS) is 32.4.